The van der Waals surface area contributed by atoms with Crippen LogP contribution in [-0.2, 0) is 4.74 Å². The molecule has 0 radical (unpaired) electrons. The first-order chi connectivity index (χ1) is 6.05. The number of alkyl halides is 2. The van der Waals surface area contributed by atoms with E-state index in [0.29, 0.717) is 19.6 Å². The number of carbonyl (C=O) groups excluding carboxylic acids is 1. The van der Waals surface area contributed by atoms with E-state index in [4.69, 9.17) is 5.73 Å². The van der Waals surface area contributed by atoms with Crippen molar-refractivity contribution in [2.75, 3.05) is 26.2 Å². The minimum absolute atomic E-state index is 0.309. The highest BCUT2D eigenvalue weighted by atomic mass is 19.3. The minimum atomic E-state index is -3.02. The zero-order valence-corrected chi connectivity index (χ0v) is 7.13. The largest absolute Gasteiger partial charge is 0.449 e. The van der Waals surface area contributed by atoms with E-state index in [9.17, 15) is 13.6 Å². The molecule has 1 aliphatic heterocycles. The molecule has 1 heterocycles. The number of nitrogens with zero attached hydrogens (tertiary/aromatic N) is 1. The summed E-state index contributed by atoms with van der Waals surface area (Å²) in [5.41, 5.74) is 4.84. The van der Waals surface area contributed by atoms with Crippen LogP contribution in [0.5, 0.6) is 0 Å². The van der Waals surface area contributed by atoms with Crippen LogP contribution in [0.25, 0.3) is 0 Å². The van der Waals surface area contributed by atoms with E-state index in [-0.39, 0.29) is 0 Å². The van der Waals surface area contributed by atoms with Crippen molar-refractivity contribution in [3.63, 3.8) is 0 Å². The maximum Gasteiger partial charge on any atom is 0.409 e. The van der Waals surface area contributed by atoms with Gasteiger partial charge >= 0.3 is 6.09 Å². The molecular weight excluding hydrogens is 182 g/mol. The van der Waals surface area contributed by atoms with Gasteiger partial charge in [-0.25, -0.2) is 13.6 Å². The van der Waals surface area contributed by atoms with Gasteiger partial charge in [-0.05, 0) is 6.42 Å². The molecule has 0 bridgehead atoms. The van der Waals surface area contributed by atoms with E-state index in [0.717, 1.165) is 4.90 Å². The first kappa shape index (κ1) is 10.2. The third kappa shape index (κ3) is 2.80. The molecule has 4 nitrogen and oxygen atoms in total. The lowest BCUT2D eigenvalue weighted by atomic mass is 10.3. The zero-order valence-electron chi connectivity index (χ0n) is 7.13. The molecule has 0 aromatic carbocycles. The van der Waals surface area contributed by atoms with Crippen LogP contribution >= 0.6 is 0 Å². The maximum absolute atomic E-state index is 12.7. The van der Waals surface area contributed by atoms with E-state index >= 15 is 0 Å². The second-order valence-corrected chi connectivity index (χ2v) is 2.95. The number of halogens is 2. The number of hydrogen-bond donors (Lipinski definition) is 1. The molecule has 1 amide bonds. The van der Waals surface area contributed by atoms with Gasteiger partial charge in [0, 0.05) is 6.54 Å². The van der Waals surface area contributed by atoms with E-state index in [1.165, 1.54) is 0 Å². The molecule has 1 fully saturated rings. The number of carbonyl (C=O) groups is 1. The van der Waals surface area contributed by atoms with E-state index in [2.05, 4.69) is 4.74 Å². The number of amides is 1. The number of rotatable bonds is 3. The fraction of sp³-hybridized carbons (Fsp3) is 0.857. The van der Waals surface area contributed by atoms with Crippen LogP contribution in [0.3, 0.4) is 0 Å². The monoisotopic (exact) mass is 194 g/mol. The van der Waals surface area contributed by atoms with E-state index < -0.39 is 25.1 Å². The molecule has 0 aromatic rings. The Bertz CT molecular complexity index is 199. The Morgan fingerprint density at radius 2 is 2.31 bits per heavy atom. The molecule has 1 saturated heterocycles. The van der Waals surface area contributed by atoms with Crippen molar-refractivity contribution in [2.45, 2.75) is 12.3 Å². The highest BCUT2D eigenvalue weighted by Gasteiger charge is 2.33. The predicted molar refractivity (Wildman–Crippen MR) is 41.5 cm³/mol. The van der Waals surface area contributed by atoms with Gasteiger partial charge in [0.1, 0.15) is 0 Å². The lowest BCUT2D eigenvalue weighted by Crippen LogP contribution is -2.47. The number of nitrogens with two attached hydrogens (primary N) is 1. The molecule has 0 aliphatic carbocycles. The second kappa shape index (κ2) is 3.87. The van der Waals surface area contributed by atoms with Crippen molar-refractivity contribution < 1.29 is 18.3 Å². The van der Waals surface area contributed by atoms with Gasteiger partial charge in [-0.2, -0.15) is 0 Å². The summed E-state index contributed by atoms with van der Waals surface area (Å²) in [7, 11) is 0. The normalized spacial score (nSPS) is 18.7. The summed E-state index contributed by atoms with van der Waals surface area (Å²) < 4.78 is 30.1. The summed E-state index contributed by atoms with van der Waals surface area (Å²) in [5, 5.41) is 0. The first-order valence-electron chi connectivity index (χ1n) is 4.05. The van der Waals surface area contributed by atoms with Crippen LogP contribution in [0.4, 0.5) is 13.6 Å². The third-order valence-corrected chi connectivity index (χ3v) is 1.78. The molecule has 0 aromatic heterocycles. The van der Waals surface area contributed by atoms with Crippen molar-refractivity contribution in [1.29, 1.82) is 0 Å². The molecule has 6 heteroatoms. The average Bonchev–Trinajstić information content (AvgIpc) is 2.09. The van der Waals surface area contributed by atoms with Gasteiger partial charge in [0.05, 0.1) is 19.7 Å². The molecule has 76 valence electrons. The maximum atomic E-state index is 12.7. The molecule has 1 aliphatic rings. The summed E-state index contributed by atoms with van der Waals surface area (Å²) in [5.74, 6) is -3.02. The lowest BCUT2D eigenvalue weighted by Gasteiger charge is -2.29. The van der Waals surface area contributed by atoms with Crippen LogP contribution in [-0.4, -0.2) is 43.2 Å². The van der Waals surface area contributed by atoms with Crippen LogP contribution < -0.4 is 5.73 Å². The summed E-state index contributed by atoms with van der Waals surface area (Å²) in [6.45, 7) is -0.781. The van der Waals surface area contributed by atoms with Gasteiger partial charge in [-0.1, -0.05) is 0 Å². The first-order valence-corrected chi connectivity index (χ1v) is 4.05. The van der Waals surface area contributed by atoms with E-state index in [1.807, 2.05) is 0 Å². The Balaban J connectivity index is 2.47. The Morgan fingerprint density at radius 3 is 2.85 bits per heavy atom. The molecule has 0 atom stereocenters. The smallest absolute Gasteiger partial charge is 0.409 e. The Labute approximate surface area is 74.6 Å². The third-order valence-electron chi connectivity index (χ3n) is 1.78. The molecule has 0 saturated carbocycles. The van der Waals surface area contributed by atoms with Crippen molar-refractivity contribution in [1.82, 2.24) is 4.90 Å². The molecule has 1 rings (SSSR count). The number of hydrogen-bond acceptors (Lipinski definition) is 3. The molecule has 13 heavy (non-hydrogen) atoms. The Morgan fingerprint density at radius 1 is 1.62 bits per heavy atom. The van der Waals surface area contributed by atoms with E-state index in [1.54, 1.807) is 0 Å². The van der Waals surface area contributed by atoms with Crippen LogP contribution in [0, 0.1) is 0 Å². The molecule has 2 N–H and O–H groups in total. The average molecular weight is 194 g/mol. The van der Waals surface area contributed by atoms with Gasteiger partial charge in [0.2, 0.25) is 0 Å². The van der Waals surface area contributed by atoms with Crippen LogP contribution in [0.15, 0.2) is 0 Å². The lowest BCUT2D eigenvalue weighted by molar-refractivity contribution is -0.0319. The summed E-state index contributed by atoms with van der Waals surface area (Å²) >= 11 is 0. The van der Waals surface area contributed by atoms with Crippen molar-refractivity contribution in [3.8, 4) is 0 Å². The van der Waals surface area contributed by atoms with Crippen molar-refractivity contribution >= 4 is 6.09 Å². The van der Waals surface area contributed by atoms with Crippen LogP contribution in [0.2, 0.25) is 0 Å². The summed E-state index contributed by atoms with van der Waals surface area (Å²) in [6.07, 6.45) is -0.0915. The standard InChI is InChI=1S/C7H12F2N2O2/c8-7(9,4-10)5-11-2-1-3-13-6(11)12/h1-5,10H2. The van der Waals surface area contributed by atoms with Gasteiger partial charge in [-0.15, -0.1) is 0 Å². The summed E-state index contributed by atoms with van der Waals surface area (Å²) in [4.78, 5) is 11.9. The molecule has 0 spiro atoms. The van der Waals surface area contributed by atoms with Gasteiger partial charge in [-0.3, -0.25) is 0 Å². The Hall–Kier alpha value is -0.910. The number of cyclic esters (lactones) is 1. The zero-order chi connectivity index (χ0) is 9.90. The quantitative estimate of drug-likeness (QED) is 0.708. The molecule has 0 unspecified atom stereocenters. The highest BCUT2D eigenvalue weighted by Crippen LogP contribution is 2.16. The van der Waals surface area contributed by atoms with Gasteiger partial charge < -0.3 is 15.4 Å². The van der Waals surface area contributed by atoms with Gasteiger partial charge in [0.25, 0.3) is 5.92 Å². The van der Waals surface area contributed by atoms with Crippen LogP contribution in [0.1, 0.15) is 6.42 Å². The number of ether oxygens (including phenoxy) is 1. The molecular formula is C7H12F2N2O2. The second-order valence-electron chi connectivity index (χ2n) is 2.95. The van der Waals surface area contributed by atoms with Crippen molar-refractivity contribution in [2.24, 2.45) is 5.73 Å². The fourth-order valence-electron chi connectivity index (χ4n) is 1.08. The highest BCUT2D eigenvalue weighted by molar-refractivity contribution is 5.68. The minimum Gasteiger partial charge on any atom is -0.449 e. The SMILES string of the molecule is NCC(F)(F)CN1CCCOC1=O. The topological polar surface area (TPSA) is 55.6 Å². The fourth-order valence-corrected chi connectivity index (χ4v) is 1.08. The van der Waals surface area contributed by atoms with Crippen molar-refractivity contribution in [3.05, 3.63) is 0 Å². The van der Waals surface area contributed by atoms with Gasteiger partial charge in [0.15, 0.2) is 0 Å². The summed E-state index contributed by atoms with van der Waals surface area (Å²) in [6, 6.07) is 0. The predicted octanol–water partition coefficient (Wildman–Crippen LogP) is 0.423. The Kier molecular flexibility index (Phi) is 3.02.